The smallest absolute Gasteiger partial charge is 0.255 e. The predicted molar refractivity (Wildman–Crippen MR) is 91.3 cm³/mol. The average Bonchev–Trinajstić information content (AvgIpc) is 3.07. The molecule has 0 spiro atoms. The number of rotatable bonds is 3. The molecule has 3 rings (SSSR count). The number of halogens is 1. The van der Waals surface area contributed by atoms with Gasteiger partial charge in [0.1, 0.15) is 0 Å². The van der Waals surface area contributed by atoms with Gasteiger partial charge in [-0.1, -0.05) is 0 Å². The number of nitrogens with one attached hydrogen (secondary N) is 1. The molecule has 120 valence electrons. The van der Waals surface area contributed by atoms with Gasteiger partial charge in [-0.15, -0.1) is 11.3 Å². The fraction of sp³-hybridized carbons (Fsp3) is 0.333. The maximum Gasteiger partial charge on any atom is 0.255 e. The van der Waals surface area contributed by atoms with Crippen molar-refractivity contribution in [1.82, 2.24) is 14.9 Å². The molecule has 1 aliphatic rings. The predicted octanol–water partition coefficient (Wildman–Crippen LogP) is 2.79. The van der Waals surface area contributed by atoms with E-state index in [-0.39, 0.29) is 17.7 Å². The average molecular weight is 395 g/mol. The molecule has 0 atom stereocenters. The van der Waals surface area contributed by atoms with Crippen molar-refractivity contribution in [3.05, 3.63) is 40.1 Å². The Morgan fingerprint density at radius 1 is 1.30 bits per heavy atom. The number of hydrogen-bond donors (Lipinski definition) is 1. The lowest BCUT2D eigenvalue weighted by molar-refractivity contribution is -0.121. The van der Waals surface area contributed by atoms with E-state index >= 15 is 0 Å². The van der Waals surface area contributed by atoms with Gasteiger partial charge in [0.15, 0.2) is 5.13 Å². The van der Waals surface area contributed by atoms with Crippen LogP contribution in [0.3, 0.4) is 0 Å². The summed E-state index contributed by atoms with van der Waals surface area (Å²) >= 11 is 4.72. The van der Waals surface area contributed by atoms with Crippen LogP contribution < -0.4 is 5.32 Å². The molecule has 1 aliphatic heterocycles. The van der Waals surface area contributed by atoms with E-state index in [4.69, 9.17) is 0 Å². The molecule has 2 amide bonds. The standard InChI is InChI=1S/C15H15BrN4O2S/c16-12-7-11(8-17-9-12)14(22)20-4-1-10(2-5-20)13(21)19-15-18-3-6-23-15/h3,6-10H,1-2,4-5H2,(H,18,19,21). The summed E-state index contributed by atoms with van der Waals surface area (Å²) in [5.41, 5.74) is 0.560. The minimum atomic E-state index is -0.0800. The van der Waals surface area contributed by atoms with Gasteiger partial charge in [-0.3, -0.25) is 14.6 Å². The van der Waals surface area contributed by atoms with E-state index in [1.165, 1.54) is 11.3 Å². The van der Waals surface area contributed by atoms with Crippen molar-refractivity contribution >= 4 is 44.2 Å². The van der Waals surface area contributed by atoms with Gasteiger partial charge >= 0.3 is 0 Å². The molecule has 6 nitrogen and oxygen atoms in total. The Morgan fingerprint density at radius 3 is 2.74 bits per heavy atom. The molecule has 0 radical (unpaired) electrons. The molecule has 1 saturated heterocycles. The van der Waals surface area contributed by atoms with Crippen LogP contribution in [0.15, 0.2) is 34.5 Å². The summed E-state index contributed by atoms with van der Waals surface area (Å²) in [4.78, 5) is 34.5. The molecule has 0 saturated carbocycles. The number of piperidine rings is 1. The molecular weight excluding hydrogens is 380 g/mol. The summed E-state index contributed by atoms with van der Waals surface area (Å²) in [5, 5.41) is 5.27. The Kier molecular flexibility index (Phi) is 5.02. The monoisotopic (exact) mass is 394 g/mol. The van der Waals surface area contributed by atoms with Gasteiger partial charge in [0, 0.05) is 47.5 Å². The first kappa shape index (κ1) is 16.1. The summed E-state index contributed by atoms with van der Waals surface area (Å²) in [7, 11) is 0. The Hall–Kier alpha value is -1.80. The normalized spacial score (nSPS) is 15.4. The van der Waals surface area contributed by atoms with Crippen LogP contribution >= 0.6 is 27.3 Å². The van der Waals surface area contributed by atoms with Gasteiger partial charge in [-0.25, -0.2) is 4.98 Å². The number of carbonyl (C=O) groups excluding carboxylic acids is 2. The molecule has 2 aromatic heterocycles. The van der Waals surface area contributed by atoms with E-state index in [2.05, 4.69) is 31.2 Å². The van der Waals surface area contributed by atoms with E-state index < -0.39 is 0 Å². The van der Waals surface area contributed by atoms with E-state index in [9.17, 15) is 9.59 Å². The van der Waals surface area contributed by atoms with Crippen molar-refractivity contribution in [3.63, 3.8) is 0 Å². The zero-order chi connectivity index (χ0) is 16.2. The van der Waals surface area contributed by atoms with Crippen LogP contribution in [0.4, 0.5) is 5.13 Å². The molecular formula is C15H15BrN4O2S. The van der Waals surface area contributed by atoms with Crippen LogP contribution in [0.25, 0.3) is 0 Å². The van der Waals surface area contributed by atoms with Crippen molar-refractivity contribution < 1.29 is 9.59 Å². The van der Waals surface area contributed by atoms with Gasteiger partial charge < -0.3 is 10.2 Å². The highest BCUT2D eigenvalue weighted by Crippen LogP contribution is 2.22. The molecule has 0 bridgehead atoms. The number of amides is 2. The van der Waals surface area contributed by atoms with Crippen molar-refractivity contribution in [2.24, 2.45) is 5.92 Å². The summed E-state index contributed by atoms with van der Waals surface area (Å²) in [6, 6.07) is 1.76. The van der Waals surface area contributed by atoms with E-state index in [0.29, 0.717) is 36.6 Å². The second-order valence-electron chi connectivity index (χ2n) is 5.28. The minimum absolute atomic E-state index is 0.0174. The summed E-state index contributed by atoms with van der Waals surface area (Å²) in [6.45, 7) is 1.14. The highest BCUT2D eigenvalue weighted by atomic mass is 79.9. The highest BCUT2D eigenvalue weighted by molar-refractivity contribution is 9.10. The van der Waals surface area contributed by atoms with Gasteiger partial charge in [0.25, 0.3) is 5.91 Å². The summed E-state index contributed by atoms with van der Waals surface area (Å²) in [6.07, 6.45) is 6.18. The Labute approximate surface area is 146 Å². The van der Waals surface area contributed by atoms with Gasteiger partial charge in [-0.05, 0) is 34.8 Å². The van der Waals surface area contributed by atoms with E-state index in [0.717, 1.165) is 4.47 Å². The fourth-order valence-corrected chi connectivity index (χ4v) is 3.45. The number of aromatic nitrogens is 2. The lowest BCUT2D eigenvalue weighted by atomic mass is 9.95. The number of thiazole rings is 1. The molecule has 0 aliphatic carbocycles. The van der Waals surface area contributed by atoms with Gasteiger partial charge in [0.2, 0.25) is 5.91 Å². The lowest BCUT2D eigenvalue weighted by Crippen LogP contribution is -2.41. The Balaban J connectivity index is 1.55. The van der Waals surface area contributed by atoms with Crippen molar-refractivity contribution in [1.29, 1.82) is 0 Å². The van der Waals surface area contributed by atoms with Crippen LogP contribution in [0, 0.1) is 5.92 Å². The maximum absolute atomic E-state index is 12.4. The van der Waals surface area contributed by atoms with Crippen molar-refractivity contribution in [2.45, 2.75) is 12.8 Å². The largest absolute Gasteiger partial charge is 0.339 e. The molecule has 1 N–H and O–H groups in total. The SMILES string of the molecule is O=C(Nc1nccs1)C1CCN(C(=O)c2cncc(Br)c2)CC1. The third-order valence-electron chi connectivity index (χ3n) is 3.77. The van der Waals surface area contributed by atoms with Gasteiger partial charge in [-0.2, -0.15) is 0 Å². The second-order valence-corrected chi connectivity index (χ2v) is 7.10. The number of pyridine rings is 1. The van der Waals surface area contributed by atoms with Crippen LogP contribution in [0.2, 0.25) is 0 Å². The number of carbonyl (C=O) groups is 2. The third kappa shape index (κ3) is 3.94. The van der Waals surface area contributed by atoms with Crippen molar-refractivity contribution in [3.8, 4) is 0 Å². The molecule has 2 aromatic rings. The first-order valence-electron chi connectivity index (χ1n) is 7.23. The number of likely N-dealkylation sites (tertiary alicyclic amines) is 1. The Bertz CT molecular complexity index is 699. The third-order valence-corrected chi connectivity index (χ3v) is 4.89. The minimum Gasteiger partial charge on any atom is -0.339 e. The number of nitrogens with zero attached hydrogens (tertiary/aromatic N) is 3. The molecule has 8 heteroatoms. The van der Waals surface area contributed by atoms with E-state index in [1.54, 1.807) is 29.6 Å². The topological polar surface area (TPSA) is 75.2 Å². The molecule has 23 heavy (non-hydrogen) atoms. The fourth-order valence-electron chi connectivity index (χ4n) is 2.55. The van der Waals surface area contributed by atoms with Crippen LogP contribution in [-0.2, 0) is 4.79 Å². The quantitative estimate of drug-likeness (QED) is 0.868. The van der Waals surface area contributed by atoms with Crippen molar-refractivity contribution in [2.75, 3.05) is 18.4 Å². The first-order chi connectivity index (χ1) is 11.1. The lowest BCUT2D eigenvalue weighted by Gasteiger charge is -2.31. The molecule has 1 fully saturated rings. The van der Waals surface area contributed by atoms with Crippen LogP contribution in [0.1, 0.15) is 23.2 Å². The molecule has 0 unspecified atom stereocenters. The molecule has 3 heterocycles. The Morgan fingerprint density at radius 2 is 2.09 bits per heavy atom. The number of anilines is 1. The summed E-state index contributed by atoms with van der Waals surface area (Å²) < 4.78 is 0.779. The highest BCUT2D eigenvalue weighted by Gasteiger charge is 2.28. The summed E-state index contributed by atoms with van der Waals surface area (Å²) in [5.74, 6) is -0.141. The van der Waals surface area contributed by atoms with E-state index in [1.807, 2.05) is 5.38 Å². The zero-order valence-corrected chi connectivity index (χ0v) is 14.6. The van der Waals surface area contributed by atoms with Crippen LogP contribution in [-0.4, -0.2) is 39.8 Å². The van der Waals surface area contributed by atoms with Crippen LogP contribution in [0.5, 0.6) is 0 Å². The first-order valence-corrected chi connectivity index (χ1v) is 8.91. The maximum atomic E-state index is 12.4. The molecule has 0 aromatic carbocycles. The van der Waals surface area contributed by atoms with Gasteiger partial charge in [0.05, 0.1) is 5.56 Å². The number of hydrogen-bond acceptors (Lipinski definition) is 5. The zero-order valence-electron chi connectivity index (χ0n) is 12.2. The second kappa shape index (κ2) is 7.18.